The van der Waals surface area contributed by atoms with Gasteiger partial charge in [0, 0.05) is 7.05 Å². The SMILES string of the molecule is CCOc1cc(CO)cc2c1OC(C)C(=O)N2C. The quantitative estimate of drug-likeness (QED) is 0.880. The number of likely N-dealkylation sites (N-methyl/N-ethyl adjacent to an activating group) is 1. The number of carbonyl (C=O) groups excluding carboxylic acids is 1. The number of nitrogens with zero attached hydrogens (tertiary/aromatic N) is 1. The minimum absolute atomic E-state index is 0.106. The molecule has 0 aliphatic carbocycles. The molecule has 1 unspecified atom stereocenters. The van der Waals surface area contributed by atoms with E-state index in [1.165, 1.54) is 4.90 Å². The van der Waals surface area contributed by atoms with Gasteiger partial charge in [0.15, 0.2) is 17.6 Å². The molecule has 0 fully saturated rings. The molecule has 1 atom stereocenters. The Hall–Kier alpha value is -1.75. The van der Waals surface area contributed by atoms with Crippen molar-refractivity contribution in [2.75, 3.05) is 18.6 Å². The number of aliphatic hydroxyl groups is 1. The van der Waals surface area contributed by atoms with E-state index in [9.17, 15) is 9.90 Å². The predicted molar refractivity (Wildman–Crippen MR) is 67.0 cm³/mol. The maximum absolute atomic E-state index is 11.9. The molecule has 0 saturated heterocycles. The van der Waals surface area contributed by atoms with Gasteiger partial charge >= 0.3 is 0 Å². The second-order valence-electron chi connectivity index (χ2n) is 4.19. The van der Waals surface area contributed by atoms with Crippen LogP contribution < -0.4 is 14.4 Å². The molecule has 18 heavy (non-hydrogen) atoms. The second kappa shape index (κ2) is 4.86. The number of fused-ring (bicyclic) bond motifs is 1. The molecule has 0 spiro atoms. The normalized spacial score (nSPS) is 18.3. The van der Waals surface area contributed by atoms with E-state index in [-0.39, 0.29) is 12.5 Å². The Morgan fingerprint density at radius 2 is 2.22 bits per heavy atom. The average molecular weight is 251 g/mol. The third kappa shape index (κ3) is 2.01. The molecule has 98 valence electrons. The summed E-state index contributed by atoms with van der Waals surface area (Å²) in [6.45, 7) is 3.97. The fraction of sp³-hybridized carbons (Fsp3) is 0.462. The Labute approximate surface area is 106 Å². The van der Waals surface area contributed by atoms with Gasteiger partial charge in [-0.2, -0.15) is 0 Å². The first-order valence-electron chi connectivity index (χ1n) is 5.93. The van der Waals surface area contributed by atoms with Gasteiger partial charge in [0.2, 0.25) is 0 Å². The van der Waals surface area contributed by atoms with Crippen LogP contribution in [-0.2, 0) is 11.4 Å². The van der Waals surface area contributed by atoms with Crippen molar-refractivity contribution in [3.8, 4) is 11.5 Å². The van der Waals surface area contributed by atoms with Gasteiger partial charge in [0.05, 0.1) is 18.9 Å². The number of amides is 1. The Kier molecular flexibility index (Phi) is 3.43. The highest BCUT2D eigenvalue weighted by Crippen LogP contribution is 2.42. The zero-order valence-electron chi connectivity index (χ0n) is 10.8. The van der Waals surface area contributed by atoms with Crippen LogP contribution in [0.1, 0.15) is 19.4 Å². The van der Waals surface area contributed by atoms with E-state index in [1.807, 2.05) is 6.92 Å². The van der Waals surface area contributed by atoms with Crippen molar-refractivity contribution in [2.45, 2.75) is 26.6 Å². The van der Waals surface area contributed by atoms with Gasteiger partial charge in [-0.3, -0.25) is 4.79 Å². The summed E-state index contributed by atoms with van der Waals surface area (Å²) < 4.78 is 11.1. The van der Waals surface area contributed by atoms with E-state index in [0.717, 1.165) is 0 Å². The first-order chi connectivity index (χ1) is 8.58. The zero-order chi connectivity index (χ0) is 13.3. The van der Waals surface area contributed by atoms with Crippen LogP contribution in [0.5, 0.6) is 11.5 Å². The number of hydrogen-bond donors (Lipinski definition) is 1. The van der Waals surface area contributed by atoms with Crippen LogP contribution in [0.3, 0.4) is 0 Å². The largest absolute Gasteiger partial charge is 0.490 e. The molecule has 0 aromatic heterocycles. The van der Waals surface area contributed by atoms with E-state index < -0.39 is 6.10 Å². The minimum atomic E-state index is -0.526. The third-order valence-electron chi connectivity index (χ3n) is 2.91. The lowest BCUT2D eigenvalue weighted by Gasteiger charge is -2.31. The highest BCUT2D eigenvalue weighted by molar-refractivity contribution is 6.00. The van der Waals surface area contributed by atoms with Crippen molar-refractivity contribution in [1.29, 1.82) is 0 Å². The van der Waals surface area contributed by atoms with Crippen LogP contribution in [0.25, 0.3) is 0 Å². The van der Waals surface area contributed by atoms with Crippen molar-refractivity contribution in [2.24, 2.45) is 0 Å². The average Bonchev–Trinajstić information content (AvgIpc) is 2.37. The summed E-state index contributed by atoms with van der Waals surface area (Å²) in [5, 5.41) is 9.24. The summed E-state index contributed by atoms with van der Waals surface area (Å²) >= 11 is 0. The summed E-state index contributed by atoms with van der Waals surface area (Å²) in [7, 11) is 1.69. The van der Waals surface area contributed by atoms with Crippen LogP contribution >= 0.6 is 0 Å². The predicted octanol–water partition coefficient (Wildman–Crippen LogP) is 1.32. The lowest BCUT2D eigenvalue weighted by atomic mass is 10.1. The molecular formula is C13H17NO4. The lowest BCUT2D eigenvalue weighted by Crippen LogP contribution is -2.42. The molecular weight excluding hydrogens is 234 g/mol. The monoisotopic (exact) mass is 251 g/mol. The summed E-state index contributed by atoms with van der Waals surface area (Å²) in [6, 6.07) is 3.47. The number of rotatable bonds is 3. The van der Waals surface area contributed by atoms with Gasteiger partial charge in [-0.25, -0.2) is 0 Å². The molecule has 5 nitrogen and oxygen atoms in total. The molecule has 0 radical (unpaired) electrons. The number of anilines is 1. The van der Waals surface area contributed by atoms with Crippen LogP contribution in [0.2, 0.25) is 0 Å². The Balaban J connectivity index is 2.54. The highest BCUT2D eigenvalue weighted by Gasteiger charge is 2.31. The van der Waals surface area contributed by atoms with Gasteiger partial charge in [-0.15, -0.1) is 0 Å². The van der Waals surface area contributed by atoms with E-state index in [1.54, 1.807) is 26.1 Å². The van der Waals surface area contributed by atoms with Gasteiger partial charge in [-0.1, -0.05) is 0 Å². The summed E-state index contributed by atoms with van der Waals surface area (Å²) in [5.41, 5.74) is 1.32. The van der Waals surface area contributed by atoms with Crippen LogP contribution in [0.4, 0.5) is 5.69 Å². The number of hydrogen-bond acceptors (Lipinski definition) is 4. The lowest BCUT2D eigenvalue weighted by molar-refractivity contribution is -0.125. The molecule has 5 heteroatoms. The maximum atomic E-state index is 11.9. The molecule has 1 amide bonds. The van der Waals surface area contributed by atoms with Gasteiger partial charge in [-0.05, 0) is 31.5 Å². The van der Waals surface area contributed by atoms with Crippen molar-refractivity contribution >= 4 is 11.6 Å². The van der Waals surface area contributed by atoms with Crippen molar-refractivity contribution in [3.05, 3.63) is 17.7 Å². The molecule has 0 bridgehead atoms. The summed E-state index contributed by atoms with van der Waals surface area (Å²) in [4.78, 5) is 13.4. The molecule has 1 heterocycles. The third-order valence-corrected chi connectivity index (χ3v) is 2.91. The van der Waals surface area contributed by atoms with Crippen molar-refractivity contribution in [3.63, 3.8) is 0 Å². The van der Waals surface area contributed by atoms with E-state index >= 15 is 0 Å². The molecule has 1 aromatic carbocycles. The number of ether oxygens (including phenoxy) is 2. The number of carbonyl (C=O) groups is 1. The smallest absolute Gasteiger partial charge is 0.267 e. The number of benzene rings is 1. The van der Waals surface area contributed by atoms with E-state index in [4.69, 9.17) is 9.47 Å². The van der Waals surface area contributed by atoms with Gasteiger partial charge in [0.25, 0.3) is 5.91 Å². The maximum Gasteiger partial charge on any atom is 0.267 e. The van der Waals surface area contributed by atoms with Gasteiger partial charge < -0.3 is 19.5 Å². The van der Waals surface area contributed by atoms with Crippen molar-refractivity contribution in [1.82, 2.24) is 0 Å². The Morgan fingerprint density at radius 3 is 2.83 bits per heavy atom. The topological polar surface area (TPSA) is 59.0 Å². The number of aliphatic hydroxyl groups excluding tert-OH is 1. The molecule has 0 saturated carbocycles. The second-order valence-corrected chi connectivity index (χ2v) is 4.19. The van der Waals surface area contributed by atoms with Crippen LogP contribution in [-0.4, -0.2) is 30.8 Å². The fourth-order valence-corrected chi connectivity index (χ4v) is 1.98. The molecule has 1 aromatic rings. The van der Waals surface area contributed by atoms with Crippen LogP contribution in [0.15, 0.2) is 12.1 Å². The van der Waals surface area contributed by atoms with Crippen molar-refractivity contribution < 1.29 is 19.4 Å². The Bertz CT molecular complexity index is 472. The molecule has 1 aliphatic rings. The first kappa shape index (κ1) is 12.7. The minimum Gasteiger partial charge on any atom is -0.490 e. The summed E-state index contributed by atoms with van der Waals surface area (Å²) in [5.74, 6) is 1.01. The molecule has 2 rings (SSSR count). The first-order valence-corrected chi connectivity index (χ1v) is 5.93. The van der Waals surface area contributed by atoms with Gasteiger partial charge in [0.1, 0.15) is 0 Å². The molecule has 1 N–H and O–H groups in total. The standard InChI is InChI=1S/C13H17NO4/c1-4-17-11-6-9(7-15)5-10-12(11)18-8(2)13(16)14(10)3/h5-6,8,15H,4,7H2,1-3H3. The van der Waals surface area contributed by atoms with E-state index in [0.29, 0.717) is 29.4 Å². The van der Waals surface area contributed by atoms with E-state index in [2.05, 4.69) is 0 Å². The molecule has 1 aliphatic heterocycles. The fourth-order valence-electron chi connectivity index (χ4n) is 1.98. The zero-order valence-corrected chi connectivity index (χ0v) is 10.8. The highest BCUT2D eigenvalue weighted by atomic mass is 16.5. The Morgan fingerprint density at radius 1 is 1.50 bits per heavy atom. The van der Waals surface area contributed by atoms with Crippen LogP contribution in [0, 0.1) is 0 Å². The summed E-state index contributed by atoms with van der Waals surface area (Å²) in [6.07, 6.45) is -0.526.